The SMILES string of the molecule is Cc1cc(C)cc(COc2cc(C(=N)N)ccc2C)c1. The van der Waals surface area contributed by atoms with E-state index in [0.717, 1.165) is 16.9 Å². The lowest BCUT2D eigenvalue weighted by Crippen LogP contribution is -2.11. The number of amidine groups is 1. The van der Waals surface area contributed by atoms with Gasteiger partial charge in [0.1, 0.15) is 18.2 Å². The third kappa shape index (κ3) is 3.38. The monoisotopic (exact) mass is 268 g/mol. The minimum absolute atomic E-state index is 0.0567. The highest BCUT2D eigenvalue weighted by atomic mass is 16.5. The van der Waals surface area contributed by atoms with Crippen LogP contribution in [0.5, 0.6) is 5.75 Å². The van der Waals surface area contributed by atoms with Gasteiger partial charge in [0, 0.05) is 5.56 Å². The molecule has 0 aliphatic rings. The van der Waals surface area contributed by atoms with Gasteiger partial charge in [0.05, 0.1) is 0 Å². The van der Waals surface area contributed by atoms with Crippen LogP contribution in [0.25, 0.3) is 0 Å². The number of ether oxygens (including phenoxy) is 1. The van der Waals surface area contributed by atoms with Gasteiger partial charge in [-0.3, -0.25) is 5.41 Å². The van der Waals surface area contributed by atoms with E-state index in [1.807, 2.05) is 25.1 Å². The minimum Gasteiger partial charge on any atom is -0.489 e. The second-order valence-corrected chi connectivity index (χ2v) is 5.18. The number of rotatable bonds is 4. The molecule has 0 spiro atoms. The summed E-state index contributed by atoms with van der Waals surface area (Å²) in [6.07, 6.45) is 0. The molecule has 0 aromatic heterocycles. The number of hydrogen-bond acceptors (Lipinski definition) is 2. The Morgan fingerprint density at radius 2 is 1.70 bits per heavy atom. The van der Waals surface area contributed by atoms with Crippen molar-refractivity contribution in [3.05, 3.63) is 64.2 Å². The molecule has 3 nitrogen and oxygen atoms in total. The van der Waals surface area contributed by atoms with Crippen molar-refractivity contribution in [2.75, 3.05) is 0 Å². The van der Waals surface area contributed by atoms with E-state index in [0.29, 0.717) is 12.2 Å². The third-order valence-electron chi connectivity index (χ3n) is 3.17. The number of hydrogen-bond donors (Lipinski definition) is 2. The summed E-state index contributed by atoms with van der Waals surface area (Å²) in [5, 5.41) is 7.48. The topological polar surface area (TPSA) is 59.1 Å². The summed E-state index contributed by atoms with van der Waals surface area (Å²) in [4.78, 5) is 0. The quantitative estimate of drug-likeness (QED) is 0.659. The van der Waals surface area contributed by atoms with Crippen molar-refractivity contribution < 1.29 is 4.74 Å². The van der Waals surface area contributed by atoms with Crippen LogP contribution in [0.3, 0.4) is 0 Å². The van der Waals surface area contributed by atoms with E-state index in [-0.39, 0.29) is 5.84 Å². The minimum atomic E-state index is 0.0567. The molecule has 0 aliphatic heterocycles. The summed E-state index contributed by atoms with van der Waals surface area (Å²) in [7, 11) is 0. The highest BCUT2D eigenvalue weighted by Gasteiger charge is 2.05. The molecule has 2 aromatic carbocycles. The molecular weight excluding hydrogens is 248 g/mol. The van der Waals surface area contributed by atoms with Crippen molar-refractivity contribution in [2.45, 2.75) is 27.4 Å². The Hall–Kier alpha value is -2.29. The first-order chi connectivity index (χ1) is 9.45. The second-order valence-electron chi connectivity index (χ2n) is 5.18. The molecule has 0 heterocycles. The Balaban J connectivity index is 2.18. The first kappa shape index (κ1) is 14.1. The average Bonchev–Trinajstić information content (AvgIpc) is 2.36. The molecule has 20 heavy (non-hydrogen) atoms. The molecule has 0 radical (unpaired) electrons. The average molecular weight is 268 g/mol. The van der Waals surface area contributed by atoms with Crippen LogP contribution in [-0.4, -0.2) is 5.84 Å². The van der Waals surface area contributed by atoms with E-state index in [4.69, 9.17) is 15.9 Å². The van der Waals surface area contributed by atoms with E-state index in [1.54, 1.807) is 0 Å². The van der Waals surface area contributed by atoms with Crippen LogP contribution in [0, 0.1) is 26.2 Å². The Morgan fingerprint density at radius 1 is 1.05 bits per heavy atom. The molecule has 0 aliphatic carbocycles. The molecule has 3 heteroatoms. The Bertz CT molecular complexity index is 627. The lowest BCUT2D eigenvalue weighted by molar-refractivity contribution is 0.304. The molecule has 0 amide bonds. The molecule has 104 valence electrons. The maximum Gasteiger partial charge on any atom is 0.123 e. The van der Waals surface area contributed by atoms with Gasteiger partial charge in [-0.1, -0.05) is 41.5 Å². The molecule has 3 N–H and O–H groups in total. The first-order valence-electron chi connectivity index (χ1n) is 6.61. The van der Waals surface area contributed by atoms with Crippen molar-refractivity contribution in [3.63, 3.8) is 0 Å². The standard InChI is InChI=1S/C17H20N2O/c1-11-6-12(2)8-14(7-11)10-20-16-9-15(17(18)19)5-4-13(16)3/h4-9H,10H2,1-3H3,(H3,18,19). The number of benzene rings is 2. The lowest BCUT2D eigenvalue weighted by atomic mass is 10.1. The van der Waals surface area contributed by atoms with Gasteiger partial charge < -0.3 is 10.5 Å². The number of nitrogens with one attached hydrogen (secondary N) is 1. The Kier molecular flexibility index (Phi) is 4.08. The van der Waals surface area contributed by atoms with Crippen molar-refractivity contribution >= 4 is 5.84 Å². The molecule has 0 saturated heterocycles. The summed E-state index contributed by atoms with van der Waals surface area (Å²) in [5.74, 6) is 0.832. The summed E-state index contributed by atoms with van der Waals surface area (Å²) < 4.78 is 5.87. The molecule has 2 aromatic rings. The molecule has 0 bridgehead atoms. The van der Waals surface area contributed by atoms with Gasteiger partial charge in [0.25, 0.3) is 0 Å². The smallest absolute Gasteiger partial charge is 0.123 e. The van der Waals surface area contributed by atoms with Crippen LogP contribution in [-0.2, 0) is 6.61 Å². The molecule has 2 rings (SSSR count). The predicted molar refractivity (Wildman–Crippen MR) is 82.4 cm³/mol. The van der Waals surface area contributed by atoms with Gasteiger partial charge in [-0.15, -0.1) is 0 Å². The highest BCUT2D eigenvalue weighted by molar-refractivity contribution is 5.95. The zero-order valence-corrected chi connectivity index (χ0v) is 12.2. The summed E-state index contributed by atoms with van der Waals surface area (Å²) >= 11 is 0. The van der Waals surface area contributed by atoms with Crippen molar-refractivity contribution in [2.24, 2.45) is 5.73 Å². The fourth-order valence-electron chi connectivity index (χ4n) is 2.24. The summed E-state index contributed by atoms with van der Waals surface area (Å²) in [6, 6.07) is 12.0. The number of nitrogens with two attached hydrogens (primary N) is 1. The van der Waals surface area contributed by atoms with Crippen LogP contribution < -0.4 is 10.5 Å². The zero-order chi connectivity index (χ0) is 14.7. The van der Waals surface area contributed by atoms with Crippen LogP contribution in [0.15, 0.2) is 36.4 Å². The molecule has 0 saturated carbocycles. The van der Waals surface area contributed by atoms with Crippen molar-refractivity contribution in [1.82, 2.24) is 0 Å². The molecule has 0 fully saturated rings. The van der Waals surface area contributed by atoms with Gasteiger partial charge in [-0.05, 0) is 38.0 Å². The predicted octanol–water partition coefficient (Wildman–Crippen LogP) is 3.47. The normalized spacial score (nSPS) is 10.3. The highest BCUT2D eigenvalue weighted by Crippen LogP contribution is 2.21. The van der Waals surface area contributed by atoms with Gasteiger partial charge in [-0.25, -0.2) is 0 Å². The fraction of sp³-hybridized carbons (Fsp3) is 0.235. The molecular formula is C17H20N2O. The van der Waals surface area contributed by atoms with Gasteiger partial charge in [0.15, 0.2) is 0 Å². The van der Waals surface area contributed by atoms with E-state index < -0.39 is 0 Å². The molecule has 0 atom stereocenters. The molecule has 0 unspecified atom stereocenters. The van der Waals surface area contributed by atoms with E-state index in [9.17, 15) is 0 Å². The van der Waals surface area contributed by atoms with Gasteiger partial charge >= 0.3 is 0 Å². The van der Waals surface area contributed by atoms with Crippen LogP contribution >= 0.6 is 0 Å². The Labute approximate surface area is 119 Å². The van der Waals surface area contributed by atoms with E-state index in [1.165, 1.54) is 11.1 Å². The van der Waals surface area contributed by atoms with Crippen LogP contribution in [0.2, 0.25) is 0 Å². The second kappa shape index (κ2) is 5.78. The summed E-state index contributed by atoms with van der Waals surface area (Å²) in [5.41, 5.74) is 10.9. The van der Waals surface area contributed by atoms with Gasteiger partial charge in [0.2, 0.25) is 0 Å². The maximum atomic E-state index is 7.48. The van der Waals surface area contributed by atoms with Crippen molar-refractivity contribution in [3.8, 4) is 5.75 Å². The van der Waals surface area contributed by atoms with E-state index >= 15 is 0 Å². The number of aryl methyl sites for hydroxylation is 3. The third-order valence-corrected chi connectivity index (χ3v) is 3.17. The maximum absolute atomic E-state index is 7.48. The van der Waals surface area contributed by atoms with Crippen LogP contribution in [0.1, 0.15) is 27.8 Å². The Morgan fingerprint density at radius 3 is 2.30 bits per heavy atom. The van der Waals surface area contributed by atoms with Crippen LogP contribution in [0.4, 0.5) is 0 Å². The largest absolute Gasteiger partial charge is 0.489 e. The zero-order valence-electron chi connectivity index (χ0n) is 12.2. The fourth-order valence-corrected chi connectivity index (χ4v) is 2.24. The summed E-state index contributed by atoms with van der Waals surface area (Å²) in [6.45, 7) is 6.67. The first-order valence-corrected chi connectivity index (χ1v) is 6.61. The number of nitrogen functional groups attached to an aromatic ring is 1. The van der Waals surface area contributed by atoms with Crippen molar-refractivity contribution in [1.29, 1.82) is 5.41 Å². The van der Waals surface area contributed by atoms with E-state index in [2.05, 4.69) is 32.0 Å². The van der Waals surface area contributed by atoms with Gasteiger partial charge in [-0.2, -0.15) is 0 Å². The lowest BCUT2D eigenvalue weighted by Gasteiger charge is -2.11.